The Morgan fingerprint density at radius 1 is 1.40 bits per heavy atom. The van der Waals surface area contributed by atoms with Gasteiger partial charge in [0.05, 0.1) is 25.0 Å². The molecule has 1 aromatic heterocycles. The van der Waals surface area contributed by atoms with Crippen LogP contribution in [0.5, 0.6) is 0 Å². The van der Waals surface area contributed by atoms with Crippen LogP contribution in [0.15, 0.2) is 24.4 Å². The summed E-state index contributed by atoms with van der Waals surface area (Å²) in [5, 5.41) is 15.2. The van der Waals surface area contributed by atoms with Crippen LogP contribution in [0, 0.1) is 0 Å². The van der Waals surface area contributed by atoms with Crippen LogP contribution in [0.4, 0.5) is 13.2 Å². The summed E-state index contributed by atoms with van der Waals surface area (Å²) in [6, 6.07) is 4.66. The maximum absolute atomic E-state index is 13.6. The summed E-state index contributed by atoms with van der Waals surface area (Å²) in [7, 11) is 0. The molecule has 2 aromatic rings. The average Bonchev–Trinajstić information content (AvgIpc) is 2.99. The van der Waals surface area contributed by atoms with Gasteiger partial charge >= 0.3 is 12.1 Å². The summed E-state index contributed by atoms with van der Waals surface area (Å²) in [6.07, 6.45) is -0.966. The van der Waals surface area contributed by atoms with Crippen LogP contribution >= 0.6 is 0 Å². The van der Waals surface area contributed by atoms with E-state index in [-0.39, 0.29) is 18.8 Å². The van der Waals surface area contributed by atoms with Gasteiger partial charge in [0.2, 0.25) is 0 Å². The van der Waals surface area contributed by atoms with Gasteiger partial charge in [0.1, 0.15) is 5.56 Å². The van der Waals surface area contributed by atoms with Gasteiger partial charge in [-0.2, -0.15) is 18.3 Å². The third-order valence-electron chi connectivity index (χ3n) is 3.65. The molecule has 25 heavy (non-hydrogen) atoms. The molecule has 0 amide bonds. The van der Waals surface area contributed by atoms with Crippen LogP contribution in [0.1, 0.15) is 23.0 Å². The minimum absolute atomic E-state index is 0.0445. The molecule has 0 spiro atoms. The lowest BCUT2D eigenvalue weighted by Gasteiger charge is -2.16. The van der Waals surface area contributed by atoms with Gasteiger partial charge in [0.15, 0.2) is 5.69 Å². The van der Waals surface area contributed by atoms with E-state index >= 15 is 0 Å². The summed E-state index contributed by atoms with van der Waals surface area (Å²) in [6.45, 7) is 1.59. The molecule has 3 rings (SSSR count). The Bertz CT molecular complexity index is 934. The Hall–Kier alpha value is -2.81. The zero-order chi connectivity index (χ0) is 18.2. The maximum Gasteiger partial charge on any atom is 0.434 e. The number of carbonyl (C=O) groups is 1. The molecule has 0 unspecified atom stereocenters. The van der Waals surface area contributed by atoms with Crippen molar-refractivity contribution in [2.24, 2.45) is 0 Å². The first-order valence-electron chi connectivity index (χ1n) is 7.42. The smallest absolute Gasteiger partial charge is 0.434 e. The first-order valence-corrected chi connectivity index (χ1v) is 7.42. The summed E-state index contributed by atoms with van der Waals surface area (Å²) in [5.74, 6) is -1.08. The predicted octanol–water partition coefficient (Wildman–Crippen LogP) is 1.29. The fourth-order valence-electron chi connectivity index (χ4n) is 2.65. The highest BCUT2D eigenvalue weighted by Gasteiger charge is 2.41. The molecule has 2 heterocycles. The number of fused-ring (bicyclic) bond motifs is 1. The lowest BCUT2D eigenvalue weighted by Crippen LogP contribution is -2.37. The Morgan fingerprint density at radius 3 is 2.84 bits per heavy atom. The van der Waals surface area contributed by atoms with Crippen molar-refractivity contribution >= 4 is 18.2 Å². The molecular formula is C16H14F3N3O3. The molecule has 0 aliphatic carbocycles. The molecule has 9 heteroatoms. The van der Waals surface area contributed by atoms with E-state index < -0.39 is 23.4 Å². The van der Waals surface area contributed by atoms with Gasteiger partial charge in [-0.3, -0.25) is 10.3 Å². The van der Waals surface area contributed by atoms with Gasteiger partial charge < -0.3 is 4.74 Å². The molecule has 1 aliphatic heterocycles. The number of benzene rings is 1. The highest BCUT2D eigenvalue weighted by Crippen LogP contribution is 2.33. The molecule has 6 nitrogen and oxygen atoms in total. The fourth-order valence-corrected chi connectivity index (χ4v) is 2.65. The number of esters is 1. The number of carbonyl (C=O) groups excluding carboxylic acids is 1. The first-order chi connectivity index (χ1) is 11.8. The van der Waals surface area contributed by atoms with Crippen molar-refractivity contribution in [3.8, 4) is 5.69 Å². The van der Waals surface area contributed by atoms with E-state index in [1.165, 1.54) is 19.2 Å². The fraction of sp³-hybridized carbons (Fsp3) is 0.250. The predicted molar refractivity (Wildman–Crippen MR) is 81.2 cm³/mol. The quantitative estimate of drug-likeness (QED) is 0.843. The highest BCUT2D eigenvalue weighted by atomic mass is 19.4. The van der Waals surface area contributed by atoms with Gasteiger partial charge in [0, 0.05) is 16.6 Å². The number of alkyl halides is 3. The third-order valence-corrected chi connectivity index (χ3v) is 3.65. The zero-order valence-electron chi connectivity index (χ0n) is 13.1. The van der Waals surface area contributed by atoms with Crippen LogP contribution in [0.3, 0.4) is 0 Å². The Labute approximate surface area is 140 Å². The second-order valence-corrected chi connectivity index (χ2v) is 5.27. The Balaban J connectivity index is 2.26. The van der Waals surface area contributed by atoms with E-state index in [2.05, 4.69) is 5.10 Å². The largest absolute Gasteiger partial charge is 0.462 e. The van der Waals surface area contributed by atoms with Crippen LogP contribution in [-0.4, -0.2) is 39.2 Å². The molecule has 0 saturated heterocycles. The summed E-state index contributed by atoms with van der Waals surface area (Å²) < 4.78 is 46.1. The number of ether oxygens (including phenoxy) is 1. The Kier molecular flexibility index (Phi) is 4.25. The number of hydrogen-bond acceptors (Lipinski definition) is 5. The number of nitrogens with zero attached hydrogens (tertiary/aromatic N) is 3. The topological polar surface area (TPSA) is 67.6 Å². The zero-order valence-corrected chi connectivity index (χ0v) is 13.1. The molecular weight excluding hydrogens is 339 g/mol. The van der Waals surface area contributed by atoms with E-state index in [0.717, 1.165) is 11.3 Å². The van der Waals surface area contributed by atoms with Crippen molar-refractivity contribution in [2.45, 2.75) is 13.1 Å². The second kappa shape index (κ2) is 6.25. The molecule has 132 valence electrons. The average molecular weight is 353 g/mol. The molecule has 0 atom stereocenters. The minimum atomic E-state index is -4.80. The van der Waals surface area contributed by atoms with Gasteiger partial charge in [-0.05, 0) is 13.0 Å². The first kappa shape index (κ1) is 17.0. The monoisotopic (exact) mass is 353 g/mol. The standard InChI is InChI=1S/C16H14F3N3O3/c1-2-25-15(23)12-8-20-22(14(12)16(17,18)19)13-5-3-4-10-9-21(24)7-6-11(10)13/h3-6,8-9,24H,2,7H2,1H3. The van der Waals surface area contributed by atoms with Crippen LogP contribution < -0.4 is 10.4 Å². The van der Waals surface area contributed by atoms with Crippen molar-refractivity contribution in [1.29, 1.82) is 0 Å². The number of hydroxylamine groups is 2. The summed E-state index contributed by atoms with van der Waals surface area (Å²) in [4.78, 5) is 11.9. The van der Waals surface area contributed by atoms with E-state index in [0.29, 0.717) is 15.1 Å². The number of aromatic nitrogens is 2. The third kappa shape index (κ3) is 3.10. The summed E-state index contributed by atoms with van der Waals surface area (Å²) >= 11 is 0. The van der Waals surface area contributed by atoms with E-state index in [4.69, 9.17) is 4.74 Å². The molecule has 1 aromatic carbocycles. The van der Waals surface area contributed by atoms with E-state index in [1.54, 1.807) is 18.2 Å². The molecule has 0 radical (unpaired) electrons. The van der Waals surface area contributed by atoms with Crippen molar-refractivity contribution in [2.75, 3.05) is 13.2 Å². The molecule has 0 saturated carbocycles. The SMILES string of the molecule is CCOC(=O)c1cnn(-c2cccc3c2=CCN(O)C=3)c1C(F)(F)F. The van der Waals surface area contributed by atoms with Crippen LogP contribution in [0.2, 0.25) is 0 Å². The minimum Gasteiger partial charge on any atom is -0.462 e. The highest BCUT2D eigenvalue weighted by molar-refractivity contribution is 5.90. The summed E-state index contributed by atoms with van der Waals surface area (Å²) in [5.41, 5.74) is -1.68. The second-order valence-electron chi connectivity index (χ2n) is 5.27. The van der Waals surface area contributed by atoms with E-state index in [9.17, 15) is 23.2 Å². The molecule has 1 aliphatic rings. The lowest BCUT2D eigenvalue weighted by molar-refractivity contribution is -0.143. The van der Waals surface area contributed by atoms with Gasteiger partial charge in [-0.15, -0.1) is 0 Å². The maximum atomic E-state index is 13.6. The number of hydrogen-bond donors (Lipinski definition) is 1. The van der Waals surface area contributed by atoms with Crippen molar-refractivity contribution in [1.82, 2.24) is 14.8 Å². The number of halogens is 3. The molecule has 0 bridgehead atoms. The van der Waals surface area contributed by atoms with Crippen molar-refractivity contribution < 1.29 is 27.9 Å². The van der Waals surface area contributed by atoms with Gasteiger partial charge in [0.25, 0.3) is 0 Å². The number of rotatable bonds is 3. The lowest BCUT2D eigenvalue weighted by atomic mass is 10.1. The van der Waals surface area contributed by atoms with Gasteiger partial charge in [-0.1, -0.05) is 18.2 Å². The normalized spacial score (nSPS) is 13.7. The van der Waals surface area contributed by atoms with Crippen molar-refractivity contribution in [3.05, 3.63) is 46.1 Å². The van der Waals surface area contributed by atoms with Crippen LogP contribution in [-0.2, 0) is 10.9 Å². The van der Waals surface area contributed by atoms with Crippen LogP contribution in [0.25, 0.3) is 18.0 Å². The van der Waals surface area contributed by atoms with E-state index in [1.807, 2.05) is 0 Å². The Morgan fingerprint density at radius 2 is 2.16 bits per heavy atom. The molecule has 1 N–H and O–H groups in total. The van der Waals surface area contributed by atoms with Gasteiger partial charge in [-0.25, -0.2) is 9.48 Å². The van der Waals surface area contributed by atoms with Crippen molar-refractivity contribution in [3.63, 3.8) is 0 Å². The molecule has 0 fully saturated rings.